The predicted octanol–water partition coefficient (Wildman–Crippen LogP) is 3.72. The topological polar surface area (TPSA) is 46.2 Å². The second-order valence-corrected chi connectivity index (χ2v) is 7.72. The average Bonchev–Trinajstić information content (AvgIpc) is 2.90. The Bertz CT molecular complexity index is 802. The van der Waals surface area contributed by atoms with Gasteiger partial charge in [0.1, 0.15) is 5.82 Å². The number of benzene rings is 2. The highest BCUT2D eigenvalue weighted by Gasteiger charge is 2.25. The summed E-state index contributed by atoms with van der Waals surface area (Å²) >= 11 is 0. The van der Waals surface area contributed by atoms with Crippen molar-refractivity contribution in [2.24, 2.45) is 0 Å². The molecule has 0 amide bonds. The van der Waals surface area contributed by atoms with Gasteiger partial charge in [-0.2, -0.15) is 0 Å². The number of nitrogens with one attached hydrogen (secondary N) is 1. The summed E-state index contributed by atoms with van der Waals surface area (Å²) in [6, 6.07) is 11.8. The van der Waals surface area contributed by atoms with E-state index in [1.54, 1.807) is 37.3 Å². The average molecular weight is 319 g/mol. The van der Waals surface area contributed by atoms with Gasteiger partial charge in [-0.3, -0.25) is 0 Å². The first-order valence-corrected chi connectivity index (χ1v) is 9.03. The van der Waals surface area contributed by atoms with E-state index >= 15 is 0 Å². The Morgan fingerprint density at radius 3 is 2.77 bits per heavy atom. The van der Waals surface area contributed by atoms with Gasteiger partial charge >= 0.3 is 0 Å². The molecule has 3 nitrogen and oxygen atoms in total. The summed E-state index contributed by atoms with van der Waals surface area (Å²) in [6.45, 7) is 1.64. The summed E-state index contributed by atoms with van der Waals surface area (Å²) in [7, 11) is -3.28. The standard InChI is InChI=1S/C17H18FNO2S/c1-2-22(20,21)17-6-4-3-5-16(17)19-15-10-7-12-11-13(18)8-9-14(12)15/h3-6,8-9,11,15,19H,2,7,10H2,1H3. The highest BCUT2D eigenvalue weighted by molar-refractivity contribution is 7.91. The molecular formula is C17H18FNO2S. The monoisotopic (exact) mass is 319 g/mol. The third-order valence-electron chi connectivity index (χ3n) is 4.11. The van der Waals surface area contributed by atoms with E-state index in [1.807, 2.05) is 6.07 Å². The number of anilines is 1. The molecule has 3 rings (SSSR count). The van der Waals surface area contributed by atoms with Gasteiger partial charge in [0.15, 0.2) is 9.84 Å². The van der Waals surface area contributed by atoms with Crippen molar-refractivity contribution in [3.63, 3.8) is 0 Å². The number of sulfone groups is 1. The van der Waals surface area contributed by atoms with E-state index in [2.05, 4.69) is 5.32 Å². The van der Waals surface area contributed by atoms with E-state index in [4.69, 9.17) is 0 Å². The Morgan fingerprint density at radius 1 is 1.23 bits per heavy atom. The molecule has 0 radical (unpaired) electrons. The molecule has 0 saturated carbocycles. The summed E-state index contributed by atoms with van der Waals surface area (Å²) in [4.78, 5) is 0.327. The van der Waals surface area contributed by atoms with Crippen molar-refractivity contribution in [2.45, 2.75) is 30.7 Å². The summed E-state index contributed by atoms with van der Waals surface area (Å²) in [6.07, 6.45) is 1.63. The highest BCUT2D eigenvalue weighted by atomic mass is 32.2. The fourth-order valence-electron chi connectivity index (χ4n) is 2.94. The Hall–Kier alpha value is -1.88. The zero-order chi connectivity index (χ0) is 15.7. The molecule has 1 aliphatic rings. The van der Waals surface area contributed by atoms with Crippen LogP contribution in [0.3, 0.4) is 0 Å². The summed E-state index contributed by atoms with van der Waals surface area (Å²) in [5.41, 5.74) is 2.66. The van der Waals surface area contributed by atoms with Gasteiger partial charge in [-0.1, -0.05) is 25.1 Å². The van der Waals surface area contributed by atoms with Crippen LogP contribution >= 0.6 is 0 Å². The second kappa shape index (κ2) is 5.72. The number of rotatable bonds is 4. The first-order valence-electron chi connectivity index (χ1n) is 7.38. The number of hydrogen-bond acceptors (Lipinski definition) is 3. The van der Waals surface area contributed by atoms with Crippen LogP contribution in [0, 0.1) is 5.82 Å². The largest absolute Gasteiger partial charge is 0.377 e. The van der Waals surface area contributed by atoms with E-state index in [-0.39, 0.29) is 17.6 Å². The first-order chi connectivity index (χ1) is 10.5. The molecule has 116 valence electrons. The number of fused-ring (bicyclic) bond motifs is 1. The van der Waals surface area contributed by atoms with Gasteiger partial charge in [0.2, 0.25) is 0 Å². The molecule has 2 aromatic rings. The zero-order valence-electron chi connectivity index (χ0n) is 12.3. The van der Waals surface area contributed by atoms with Crippen molar-refractivity contribution in [3.05, 3.63) is 59.4 Å². The quantitative estimate of drug-likeness (QED) is 0.934. The molecule has 1 atom stereocenters. The van der Waals surface area contributed by atoms with Crippen molar-refractivity contribution in [3.8, 4) is 0 Å². The fraction of sp³-hybridized carbons (Fsp3) is 0.294. The smallest absolute Gasteiger partial charge is 0.180 e. The minimum atomic E-state index is -3.28. The van der Waals surface area contributed by atoms with E-state index in [1.165, 1.54) is 6.07 Å². The minimum Gasteiger partial charge on any atom is -0.377 e. The van der Waals surface area contributed by atoms with Gasteiger partial charge in [0, 0.05) is 0 Å². The summed E-state index contributed by atoms with van der Waals surface area (Å²) in [5, 5.41) is 3.32. The van der Waals surface area contributed by atoms with Crippen LogP contribution in [0.25, 0.3) is 0 Å². The lowest BCUT2D eigenvalue weighted by atomic mass is 10.1. The van der Waals surface area contributed by atoms with Crippen LogP contribution in [0.1, 0.15) is 30.5 Å². The first kappa shape index (κ1) is 15.0. The van der Waals surface area contributed by atoms with Crippen molar-refractivity contribution >= 4 is 15.5 Å². The molecule has 0 saturated heterocycles. The minimum absolute atomic E-state index is 0.0174. The highest BCUT2D eigenvalue weighted by Crippen LogP contribution is 2.35. The maximum Gasteiger partial charge on any atom is 0.180 e. The van der Waals surface area contributed by atoms with Gasteiger partial charge in [-0.05, 0) is 48.2 Å². The third kappa shape index (κ3) is 2.73. The maximum absolute atomic E-state index is 13.3. The van der Waals surface area contributed by atoms with Crippen LogP contribution < -0.4 is 5.32 Å². The Labute approximate surface area is 130 Å². The SMILES string of the molecule is CCS(=O)(=O)c1ccccc1NC1CCc2cc(F)ccc21. The van der Waals surface area contributed by atoms with Crippen LogP contribution in [-0.4, -0.2) is 14.2 Å². The Kier molecular flexibility index (Phi) is 3.91. The normalized spacial score (nSPS) is 17.3. The van der Waals surface area contributed by atoms with Crippen molar-refractivity contribution in [1.82, 2.24) is 0 Å². The van der Waals surface area contributed by atoms with Crippen molar-refractivity contribution < 1.29 is 12.8 Å². The zero-order valence-corrected chi connectivity index (χ0v) is 13.2. The molecule has 0 spiro atoms. The second-order valence-electron chi connectivity index (χ2n) is 5.48. The number of halogens is 1. The summed E-state index contributed by atoms with van der Waals surface area (Å²) in [5.74, 6) is -0.161. The Morgan fingerprint density at radius 2 is 2.00 bits per heavy atom. The molecule has 1 unspecified atom stereocenters. The lowest BCUT2D eigenvalue weighted by molar-refractivity contribution is 0.597. The van der Waals surface area contributed by atoms with Crippen LogP contribution in [0.5, 0.6) is 0 Å². The molecule has 0 fully saturated rings. The molecule has 0 bridgehead atoms. The van der Waals surface area contributed by atoms with Gasteiger partial charge in [-0.25, -0.2) is 12.8 Å². The lowest BCUT2D eigenvalue weighted by Gasteiger charge is -2.18. The van der Waals surface area contributed by atoms with Crippen LogP contribution in [0.15, 0.2) is 47.4 Å². The third-order valence-corrected chi connectivity index (χ3v) is 5.90. The molecule has 2 aromatic carbocycles. The molecule has 0 aromatic heterocycles. The fourth-order valence-corrected chi connectivity index (χ4v) is 4.00. The molecular weight excluding hydrogens is 301 g/mol. The van der Waals surface area contributed by atoms with Crippen LogP contribution in [-0.2, 0) is 16.3 Å². The van der Waals surface area contributed by atoms with Crippen molar-refractivity contribution in [2.75, 3.05) is 11.1 Å². The predicted molar refractivity (Wildman–Crippen MR) is 85.3 cm³/mol. The number of hydrogen-bond donors (Lipinski definition) is 1. The van der Waals surface area contributed by atoms with Crippen LogP contribution in [0.2, 0.25) is 0 Å². The van der Waals surface area contributed by atoms with Crippen LogP contribution in [0.4, 0.5) is 10.1 Å². The summed E-state index contributed by atoms with van der Waals surface area (Å²) < 4.78 is 37.7. The van der Waals surface area contributed by atoms with E-state index in [9.17, 15) is 12.8 Å². The molecule has 1 aliphatic carbocycles. The lowest BCUT2D eigenvalue weighted by Crippen LogP contribution is -2.12. The Balaban J connectivity index is 1.94. The molecule has 0 aliphatic heterocycles. The number of para-hydroxylation sites is 1. The van der Waals surface area contributed by atoms with Gasteiger partial charge in [-0.15, -0.1) is 0 Å². The number of aryl methyl sites for hydroxylation is 1. The van der Waals surface area contributed by atoms with E-state index < -0.39 is 9.84 Å². The maximum atomic E-state index is 13.3. The molecule has 0 heterocycles. The van der Waals surface area contributed by atoms with Gasteiger partial charge < -0.3 is 5.32 Å². The van der Waals surface area contributed by atoms with Gasteiger partial charge in [0.05, 0.1) is 22.4 Å². The van der Waals surface area contributed by atoms with E-state index in [0.717, 1.165) is 24.0 Å². The molecule has 1 N–H and O–H groups in total. The molecule has 22 heavy (non-hydrogen) atoms. The van der Waals surface area contributed by atoms with E-state index in [0.29, 0.717) is 10.6 Å². The van der Waals surface area contributed by atoms with Gasteiger partial charge in [0.25, 0.3) is 0 Å². The molecule has 5 heteroatoms. The van der Waals surface area contributed by atoms with Crippen molar-refractivity contribution in [1.29, 1.82) is 0 Å².